The highest BCUT2D eigenvalue weighted by atomic mass is 79.9. The Morgan fingerprint density at radius 2 is 2.18 bits per heavy atom. The quantitative estimate of drug-likeness (QED) is 0.458. The highest BCUT2D eigenvalue weighted by Crippen LogP contribution is 2.23. The summed E-state index contributed by atoms with van der Waals surface area (Å²) < 4.78 is 10.3. The Bertz CT molecular complexity index is 377. The molecule has 3 nitrogen and oxygen atoms in total. The van der Waals surface area contributed by atoms with Gasteiger partial charge in [0.2, 0.25) is 0 Å². The van der Waals surface area contributed by atoms with Crippen LogP contribution in [0, 0.1) is 0 Å². The number of halogens is 1. The van der Waals surface area contributed by atoms with Crippen molar-refractivity contribution in [2.24, 2.45) is 0 Å². The molecule has 0 atom stereocenters. The molecule has 0 bridgehead atoms. The minimum absolute atomic E-state index is 0.363. The third-order valence-electron chi connectivity index (χ3n) is 2.36. The van der Waals surface area contributed by atoms with Crippen LogP contribution in [0.2, 0.25) is 0 Å². The predicted octanol–water partition coefficient (Wildman–Crippen LogP) is 3.55. The van der Waals surface area contributed by atoms with E-state index in [1.807, 2.05) is 12.1 Å². The van der Waals surface area contributed by atoms with E-state index in [1.165, 1.54) is 7.11 Å². The molecule has 1 rings (SSSR count). The lowest BCUT2D eigenvalue weighted by Gasteiger charge is -2.11. The van der Waals surface area contributed by atoms with E-state index in [-0.39, 0.29) is 5.97 Å². The first kappa shape index (κ1) is 14.0. The number of alkyl halides is 1. The van der Waals surface area contributed by atoms with Crippen LogP contribution in [0.3, 0.4) is 0 Å². The second-order valence-corrected chi connectivity index (χ2v) is 4.22. The van der Waals surface area contributed by atoms with E-state index < -0.39 is 0 Å². The monoisotopic (exact) mass is 300 g/mol. The van der Waals surface area contributed by atoms with Crippen molar-refractivity contribution < 1.29 is 14.3 Å². The lowest BCUT2D eigenvalue weighted by atomic mass is 10.1. The largest absolute Gasteiger partial charge is 0.493 e. The second-order valence-electron chi connectivity index (χ2n) is 3.66. The molecule has 94 valence electrons. The van der Waals surface area contributed by atoms with Gasteiger partial charge in [-0.3, -0.25) is 0 Å². The van der Waals surface area contributed by atoms with Crippen molar-refractivity contribution in [2.45, 2.75) is 25.1 Å². The van der Waals surface area contributed by atoms with E-state index in [0.717, 1.165) is 23.7 Å². The van der Waals surface area contributed by atoms with Gasteiger partial charge in [0.1, 0.15) is 11.3 Å². The molecule has 0 aliphatic carbocycles. The summed E-state index contributed by atoms with van der Waals surface area (Å²) in [5, 5.41) is 0.735. The summed E-state index contributed by atoms with van der Waals surface area (Å²) in [7, 11) is 1.37. The average Bonchev–Trinajstić information content (AvgIpc) is 2.38. The van der Waals surface area contributed by atoms with Crippen molar-refractivity contribution in [3.63, 3.8) is 0 Å². The number of benzene rings is 1. The van der Waals surface area contributed by atoms with Crippen LogP contribution >= 0.6 is 15.9 Å². The Morgan fingerprint density at radius 1 is 1.41 bits per heavy atom. The molecule has 0 saturated carbocycles. The topological polar surface area (TPSA) is 35.5 Å². The van der Waals surface area contributed by atoms with E-state index in [2.05, 4.69) is 22.9 Å². The number of ether oxygens (including phenoxy) is 2. The van der Waals surface area contributed by atoms with Gasteiger partial charge in [0.15, 0.2) is 0 Å². The van der Waals surface area contributed by atoms with E-state index in [1.54, 1.807) is 6.07 Å². The Kier molecular flexibility index (Phi) is 6.05. The molecular weight excluding hydrogens is 284 g/mol. The molecule has 1 aromatic rings. The SMILES string of the molecule is CCCCOc1cc(CBr)ccc1C(=O)OC. The summed E-state index contributed by atoms with van der Waals surface area (Å²) >= 11 is 3.38. The van der Waals surface area contributed by atoms with Gasteiger partial charge in [0, 0.05) is 5.33 Å². The van der Waals surface area contributed by atoms with Crippen LogP contribution in [0.25, 0.3) is 0 Å². The molecule has 0 unspecified atom stereocenters. The Balaban J connectivity index is 2.90. The maximum absolute atomic E-state index is 11.6. The molecule has 4 heteroatoms. The van der Waals surface area contributed by atoms with Crippen molar-refractivity contribution >= 4 is 21.9 Å². The lowest BCUT2D eigenvalue weighted by Crippen LogP contribution is -2.07. The molecule has 0 fully saturated rings. The Morgan fingerprint density at radius 3 is 2.76 bits per heavy atom. The smallest absolute Gasteiger partial charge is 0.341 e. The van der Waals surface area contributed by atoms with Crippen LogP contribution in [-0.2, 0) is 10.1 Å². The Hall–Kier alpha value is -1.03. The van der Waals surface area contributed by atoms with Gasteiger partial charge in [0.05, 0.1) is 13.7 Å². The molecule has 17 heavy (non-hydrogen) atoms. The first-order valence-electron chi connectivity index (χ1n) is 5.63. The van der Waals surface area contributed by atoms with E-state index >= 15 is 0 Å². The Labute approximate surface area is 110 Å². The highest BCUT2D eigenvalue weighted by molar-refractivity contribution is 9.08. The van der Waals surface area contributed by atoms with Gasteiger partial charge in [0.25, 0.3) is 0 Å². The number of hydrogen-bond acceptors (Lipinski definition) is 3. The van der Waals surface area contributed by atoms with Crippen molar-refractivity contribution in [3.05, 3.63) is 29.3 Å². The average molecular weight is 301 g/mol. The van der Waals surface area contributed by atoms with Gasteiger partial charge in [-0.1, -0.05) is 35.3 Å². The molecule has 0 aliphatic heterocycles. The summed E-state index contributed by atoms with van der Waals surface area (Å²) in [6.07, 6.45) is 2.03. The fraction of sp³-hybridized carbons (Fsp3) is 0.462. The lowest BCUT2D eigenvalue weighted by molar-refractivity contribution is 0.0596. The summed E-state index contributed by atoms with van der Waals surface area (Å²) in [6, 6.07) is 5.49. The molecule has 0 aromatic heterocycles. The highest BCUT2D eigenvalue weighted by Gasteiger charge is 2.13. The molecule has 0 heterocycles. The molecule has 0 aliphatic rings. The molecule has 1 aromatic carbocycles. The number of carbonyl (C=O) groups is 1. The van der Waals surface area contributed by atoms with Crippen molar-refractivity contribution in [1.29, 1.82) is 0 Å². The van der Waals surface area contributed by atoms with Crippen molar-refractivity contribution in [3.8, 4) is 5.75 Å². The van der Waals surface area contributed by atoms with Crippen LogP contribution < -0.4 is 4.74 Å². The first-order valence-corrected chi connectivity index (χ1v) is 6.75. The fourth-order valence-corrected chi connectivity index (χ4v) is 1.72. The minimum atomic E-state index is -0.363. The number of methoxy groups -OCH3 is 1. The van der Waals surface area contributed by atoms with Gasteiger partial charge in [-0.15, -0.1) is 0 Å². The van der Waals surface area contributed by atoms with Gasteiger partial charge >= 0.3 is 5.97 Å². The number of esters is 1. The van der Waals surface area contributed by atoms with E-state index in [9.17, 15) is 4.79 Å². The van der Waals surface area contributed by atoms with Crippen LogP contribution in [0.1, 0.15) is 35.7 Å². The predicted molar refractivity (Wildman–Crippen MR) is 70.8 cm³/mol. The van der Waals surface area contributed by atoms with Gasteiger partial charge in [-0.05, 0) is 24.1 Å². The maximum Gasteiger partial charge on any atom is 0.341 e. The van der Waals surface area contributed by atoms with Crippen molar-refractivity contribution in [1.82, 2.24) is 0 Å². The zero-order valence-electron chi connectivity index (χ0n) is 10.2. The molecule has 0 saturated heterocycles. The van der Waals surface area contributed by atoms with Crippen LogP contribution in [-0.4, -0.2) is 19.7 Å². The summed E-state index contributed by atoms with van der Waals surface area (Å²) in [4.78, 5) is 11.6. The zero-order valence-corrected chi connectivity index (χ0v) is 11.7. The summed E-state index contributed by atoms with van der Waals surface area (Å²) in [5.74, 6) is 0.236. The number of hydrogen-bond donors (Lipinski definition) is 0. The molecule has 0 N–H and O–H groups in total. The van der Waals surface area contributed by atoms with E-state index in [4.69, 9.17) is 9.47 Å². The zero-order chi connectivity index (χ0) is 12.7. The van der Waals surface area contributed by atoms with Crippen LogP contribution in [0.4, 0.5) is 0 Å². The maximum atomic E-state index is 11.6. The molecular formula is C13H17BrO3. The van der Waals surface area contributed by atoms with Crippen molar-refractivity contribution in [2.75, 3.05) is 13.7 Å². The van der Waals surface area contributed by atoms with Crippen LogP contribution in [0.15, 0.2) is 18.2 Å². The molecule has 0 amide bonds. The van der Waals surface area contributed by atoms with Gasteiger partial charge in [-0.25, -0.2) is 4.79 Å². The summed E-state index contributed by atoms with van der Waals surface area (Å²) in [6.45, 7) is 2.71. The first-order chi connectivity index (χ1) is 8.22. The third kappa shape index (κ3) is 4.04. The van der Waals surface area contributed by atoms with E-state index in [0.29, 0.717) is 17.9 Å². The van der Waals surface area contributed by atoms with Gasteiger partial charge < -0.3 is 9.47 Å². The normalized spacial score (nSPS) is 10.1. The number of rotatable bonds is 6. The van der Waals surface area contributed by atoms with Gasteiger partial charge in [-0.2, -0.15) is 0 Å². The number of unbranched alkanes of at least 4 members (excludes halogenated alkanes) is 1. The molecule has 0 radical (unpaired) electrons. The fourth-order valence-electron chi connectivity index (χ4n) is 1.37. The standard InChI is InChI=1S/C13H17BrO3/c1-3-4-7-17-12-8-10(9-14)5-6-11(12)13(15)16-2/h5-6,8H,3-4,7,9H2,1-2H3. The minimum Gasteiger partial charge on any atom is -0.493 e. The number of carbonyl (C=O) groups excluding carboxylic acids is 1. The second kappa shape index (κ2) is 7.33. The third-order valence-corrected chi connectivity index (χ3v) is 3.01. The molecule has 0 spiro atoms. The summed E-state index contributed by atoms with van der Waals surface area (Å²) in [5.41, 5.74) is 1.55. The van der Waals surface area contributed by atoms with Crippen LogP contribution in [0.5, 0.6) is 5.75 Å².